The number of nitrogens with zero attached hydrogens (tertiary/aromatic N) is 1. The molecule has 0 aliphatic carbocycles. The fourth-order valence-corrected chi connectivity index (χ4v) is 4.77. The number of fused-ring (bicyclic) bond motifs is 1. The fourth-order valence-electron chi connectivity index (χ4n) is 4.37. The van der Waals surface area contributed by atoms with Crippen LogP contribution in [0.25, 0.3) is 22.0 Å². The number of hydrazone groups is 1. The lowest BCUT2D eigenvalue weighted by atomic mass is 10.0. The van der Waals surface area contributed by atoms with Crippen LogP contribution in [0.5, 0.6) is 11.5 Å². The zero-order chi connectivity index (χ0) is 28.2. The van der Waals surface area contributed by atoms with Gasteiger partial charge < -0.3 is 14.5 Å². The van der Waals surface area contributed by atoms with E-state index in [2.05, 4.69) is 15.5 Å². The van der Waals surface area contributed by atoms with Gasteiger partial charge in [0, 0.05) is 37.6 Å². The van der Waals surface area contributed by atoms with Gasteiger partial charge in [-0.15, -0.1) is 0 Å². The molecule has 200 valence electrons. The van der Waals surface area contributed by atoms with Crippen LogP contribution >= 0.6 is 23.2 Å². The second kappa shape index (κ2) is 11.7. The number of hydrogen-bond acceptors (Lipinski definition) is 5. The number of esters is 1. The van der Waals surface area contributed by atoms with E-state index in [1.54, 1.807) is 42.5 Å². The quantitative estimate of drug-likeness (QED) is 0.0918. The molecule has 0 aliphatic rings. The molecule has 5 aromatic rings. The lowest BCUT2D eigenvalue weighted by Crippen LogP contribution is -2.19. The van der Waals surface area contributed by atoms with E-state index < -0.39 is 11.9 Å². The van der Waals surface area contributed by atoms with E-state index in [1.165, 1.54) is 19.4 Å². The summed E-state index contributed by atoms with van der Waals surface area (Å²) in [4.78, 5) is 29.5. The van der Waals surface area contributed by atoms with Gasteiger partial charge in [-0.25, -0.2) is 10.2 Å². The van der Waals surface area contributed by atoms with Crippen LogP contribution in [-0.4, -0.2) is 30.2 Å². The van der Waals surface area contributed by atoms with Gasteiger partial charge in [-0.3, -0.25) is 4.79 Å². The Morgan fingerprint density at radius 2 is 1.70 bits per heavy atom. The third-order valence-corrected chi connectivity index (χ3v) is 6.85. The third kappa shape index (κ3) is 5.43. The number of ether oxygens (including phenoxy) is 2. The first-order valence-corrected chi connectivity index (χ1v) is 13.0. The SMILES string of the molecule is COc1ccc(Cl)cc1C(=O)Oc1ccccc1C=NNC(=O)c1[nH]c2c(C)cccc2c1-c1ccccc1Cl. The molecule has 1 amide bonds. The molecule has 0 radical (unpaired) electrons. The van der Waals surface area contributed by atoms with Crippen LogP contribution in [0, 0.1) is 6.92 Å². The molecule has 0 fully saturated rings. The molecule has 0 aliphatic heterocycles. The van der Waals surface area contributed by atoms with E-state index in [1.807, 2.05) is 43.3 Å². The number of benzene rings is 4. The van der Waals surface area contributed by atoms with E-state index in [-0.39, 0.29) is 11.3 Å². The van der Waals surface area contributed by atoms with Crippen molar-refractivity contribution < 1.29 is 19.1 Å². The first-order valence-electron chi connectivity index (χ1n) is 12.2. The third-order valence-electron chi connectivity index (χ3n) is 6.29. The number of aryl methyl sites for hydroxylation is 1. The molecule has 0 bridgehead atoms. The van der Waals surface area contributed by atoms with Gasteiger partial charge in [0.05, 0.1) is 13.3 Å². The van der Waals surface area contributed by atoms with Gasteiger partial charge in [0.15, 0.2) is 0 Å². The predicted molar refractivity (Wildman–Crippen MR) is 158 cm³/mol. The average molecular weight is 572 g/mol. The van der Waals surface area contributed by atoms with Crippen molar-refractivity contribution in [2.75, 3.05) is 7.11 Å². The van der Waals surface area contributed by atoms with Crippen LogP contribution in [0.2, 0.25) is 10.0 Å². The highest BCUT2D eigenvalue weighted by Gasteiger charge is 2.21. The molecule has 0 saturated heterocycles. The zero-order valence-electron chi connectivity index (χ0n) is 21.5. The van der Waals surface area contributed by atoms with Crippen LogP contribution < -0.4 is 14.9 Å². The molecular weight excluding hydrogens is 549 g/mol. The monoisotopic (exact) mass is 571 g/mol. The van der Waals surface area contributed by atoms with Crippen LogP contribution in [-0.2, 0) is 0 Å². The largest absolute Gasteiger partial charge is 0.496 e. The standard InChI is InChI=1S/C31H23Cl2N3O4/c1-18-8-7-11-22-27(21-10-4-5-12-24(21)33)29(35-28(18)22)30(37)36-34-17-19-9-3-6-13-25(19)40-31(38)23-16-20(32)14-15-26(23)39-2/h3-17,35H,1-2H3,(H,36,37). The van der Waals surface area contributed by atoms with E-state index in [4.69, 9.17) is 32.7 Å². The van der Waals surface area contributed by atoms with Gasteiger partial charge >= 0.3 is 5.97 Å². The number of halogens is 2. The minimum absolute atomic E-state index is 0.177. The molecular formula is C31H23Cl2N3O4. The first kappa shape index (κ1) is 27.0. The number of H-pyrrole nitrogens is 1. The molecule has 0 atom stereocenters. The summed E-state index contributed by atoms with van der Waals surface area (Å²) in [5.74, 6) is -0.539. The Bertz CT molecular complexity index is 1780. The van der Waals surface area contributed by atoms with E-state index in [9.17, 15) is 9.59 Å². The van der Waals surface area contributed by atoms with Crippen molar-refractivity contribution in [2.24, 2.45) is 5.10 Å². The van der Waals surface area contributed by atoms with Gasteiger partial charge in [-0.05, 0) is 48.9 Å². The Kier molecular flexibility index (Phi) is 7.86. The number of aromatic amines is 1. The summed E-state index contributed by atoms with van der Waals surface area (Å²) in [7, 11) is 1.45. The molecule has 5 rings (SSSR count). The summed E-state index contributed by atoms with van der Waals surface area (Å²) in [6.45, 7) is 1.96. The normalized spacial score (nSPS) is 11.1. The molecule has 1 heterocycles. The number of hydrogen-bond donors (Lipinski definition) is 2. The molecule has 1 aromatic heterocycles. The van der Waals surface area contributed by atoms with Crippen LogP contribution in [0.3, 0.4) is 0 Å². The number of rotatable bonds is 7. The Morgan fingerprint density at radius 1 is 0.925 bits per heavy atom. The van der Waals surface area contributed by atoms with Crippen molar-refractivity contribution in [1.82, 2.24) is 10.4 Å². The van der Waals surface area contributed by atoms with Crippen LogP contribution in [0.1, 0.15) is 32.0 Å². The summed E-state index contributed by atoms with van der Waals surface area (Å²) in [5, 5.41) is 5.90. The second-order valence-electron chi connectivity index (χ2n) is 8.82. The minimum atomic E-state index is -0.651. The lowest BCUT2D eigenvalue weighted by Gasteiger charge is -2.10. The maximum absolute atomic E-state index is 13.4. The zero-order valence-corrected chi connectivity index (χ0v) is 23.0. The number of aromatic nitrogens is 1. The summed E-state index contributed by atoms with van der Waals surface area (Å²) >= 11 is 12.6. The number of amides is 1. The van der Waals surface area contributed by atoms with Gasteiger partial charge in [-0.1, -0.05) is 71.7 Å². The van der Waals surface area contributed by atoms with Crippen molar-refractivity contribution >= 4 is 52.2 Å². The highest BCUT2D eigenvalue weighted by Crippen LogP contribution is 2.37. The minimum Gasteiger partial charge on any atom is -0.496 e. The molecule has 9 heteroatoms. The van der Waals surface area contributed by atoms with Crippen molar-refractivity contribution in [3.8, 4) is 22.6 Å². The first-order chi connectivity index (χ1) is 19.4. The molecule has 0 unspecified atom stereocenters. The Balaban J connectivity index is 1.42. The summed E-state index contributed by atoms with van der Waals surface area (Å²) in [6.07, 6.45) is 1.40. The summed E-state index contributed by atoms with van der Waals surface area (Å²) in [5.41, 5.74) is 6.77. The van der Waals surface area contributed by atoms with Crippen LogP contribution in [0.15, 0.2) is 90.0 Å². The Hall–Kier alpha value is -4.59. The topological polar surface area (TPSA) is 92.8 Å². The lowest BCUT2D eigenvalue weighted by molar-refractivity contribution is 0.0730. The highest BCUT2D eigenvalue weighted by atomic mass is 35.5. The summed E-state index contributed by atoms with van der Waals surface area (Å²) in [6, 6.07) is 24.7. The van der Waals surface area contributed by atoms with E-state index in [0.29, 0.717) is 32.6 Å². The van der Waals surface area contributed by atoms with Crippen LogP contribution in [0.4, 0.5) is 0 Å². The molecule has 7 nitrogen and oxygen atoms in total. The number of carbonyl (C=O) groups is 2. The van der Waals surface area contributed by atoms with Crippen molar-refractivity contribution in [1.29, 1.82) is 0 Å². The smallest absolute Gasteiger partial charge is 0.347 e. The number of methoxy groups -OCH3 is 1. The maximum atomic E-state index is 13.4. The van der Waals surface area contributed by atoms with Gasteiger partial charge in [0.25, 0.3) is 5.91 Å². The molecule has 0 spiro atoms. The Labute approximate surface area is 240 Å². The van der Waals surface area contributed by atoms with Crippen molar-refractivity contribution in [3.63, 3.8) is 0 Å². The van der Waals surface area contributed by atoms with Gasteiger partial charge in [0.2, 0.25) is 0 Å². The number of nitrogens with one attached hydrogen (secondary N) is 2. The predicted octanol–water partition coefficient (Wildman–Crippen LogP) is 7.44. The molecule has 2 N–H and O–H groups in total. The Morgan fingerprint density at radius 3 is 2.50 bits per heavy atom. The molecule has 0 saturated carbocycles. The van der Waals surface area contributed by atoms with E-state index in [0.717, 1.165) is 22.0 Å². The van der Waals surface area contributed by atoms with Gasteiger partial charge in [-0.2, -0.15) is 5.10 Å². The average Bonchev–Trinajstić information content (AvgIpc) is 3.35. The number of carbonyl (C=O) groups excluding carboxylic acids is 2. The summed E-state index contributed by atoms with van der Waals surface area (Å²) < 4.78 is 10.9. The van der Waals surface area contributed by atoms with Gasteiger partial charge in [0.1, 0.15) is 22.8 Å². The van der Waals surface area contributed by atoms with E-state index >= 15 is 0 Å². The van der Waals surface area contributed by atoms with Crippen molar-refractivity contribution in [3.05, 3.63) is 117 Å². The number of para-hydroxylation sites is 2. The fraction of sp³-hybridized carbons (Fsp3) is 0.0645. The maximum Gasteiger partial charge on any atom is 0.347 e. The second-order valence-corrected chi connectivity index (χ2v) is 9.67. The molecule has 4 aromatic carbocycles. The molecule has 40 heavy (non-hydrogen) atoms. The van der Waals surface area contributed by atoms with Crippen molar-refractivity contribution in [2.45, 2.75) is 6.92 Å². The highest BCUT2D eigenvalue weighted by molar-refractivity contribution is 6.34.